The van der Waals surface area contributed by atoms with Gasteiger partial charge in [-0.25, -0.2) is 0 Å². The molecule has 0 aromatic heterocycles. The summed E-state index contributed by atoms with van der Waals surface area (Å²) in [6.45, 7) is 3.91. The lowest BCUT2D eigenvalue weighted by molar-refractivity contribution is -0.159. The van der Waals surface area contributed by atoms with E-state index in [0.29, 0.717) is 0 Å². The van der Waals surface area contributed by atoms with E-state index in [1.165, 1.54) is 37.2 Å². The lowest BCUT2D eigenvalue weighted by atomic mass is 9.56. The van der Waals surface area contributed by atoms with E-state index >= 15 is 0 Å². The largest absolute Gasteiger partial charge is 0.510 e. The van der Waals surface area contributed by atoms with Gasteiger partial charge in [-0.05, 0) is 31.3 Å². The molecule has 10 nitrogen and oxygen atoms in total. The Morgan fingerprint density at radius 3 is 2.38 bits per heavy atom. The van der Waals surface area contributed by atoms with Crippen LogP contribution in [0.25, 0.3) is 5.57 Å². The van der Waals surface area contributed by atoms with Crippen molar-refractivity contribution < 1.29 is 39.9 Å². The number of hydrogen-bond donors (Lipinski definition) is 6. The van der Waals surface area contributed by atoms with Gasteiger partial charge in [0.2, 0.25) is 5.78 Å². The second-order valence-electron chi connectivity index (χ2n) is 8.44. The number of primary amides is 1. The Balaban J connectivity index is 2.07. The molecule has 1 aromatic carbocycles. The van der Waals surface area contributed by atoms with Gasteiger partial charge in [0.15, 0.2) is 11.4 Å². The first-order valence-electron chi connectivity index (χ1n) is 9.71. The van der Waals surface area contributed by atoms with Crippen LogP contribution in [0.3, 0.4) is 0 Å². The van der Waals surface area contributed by atoms with Crippen molar-refractivity contribution in [2.75, 3.05) is 14.1 Å². The number of Topliss-reactive ketones (excluding diaryl/α,β-unsaturated/α-hetero) is 2. The van der Waals surface area contributed by atoms with E-state index in [1.54, 1.807) is 0 Å². The van der Waals surface area contributed by atoms with Crippen LogP contribution in [0.1, 0.15) is 15.9 Å². The molecule has 168 valence electrons. The number of phenols is 1. The van der Waals surface area contributed by atoms with E-state index in [1.807, 2.05) is 0 Å². The van der Waals surface area contributed by atoms with Gasteiger partial charge in [-0.15, -0.1) is 0 Å². The number of aromatic hydroxyl groups is 1. The molecular formula is C22H22N2O8. The zero-order chi connectivity index (χ0) is 23.9. The first-order chi connectivity index (χ1) is 14.9. The molecule has 7 N–H and O–H groups in total. The number of carbonyl (C=O) groups excluding carboxylic acids is 3. The molecule has 0 bridgehead atoms. The Labute approximate surface area is 182 Å². The van der Waals surface area contributed by atoms with E-state index in [9.17, 15) is 39.9 Å². The zero-order valence-electron chi connectivity index (χ0n) is 17.2. The summed E-state index contributed by atoms with van der Waals surface area (Å²) in [6, 6.07) is 2.92. The minimum Gasteiger partial charge on any atom is -0.510 e. The number of rotatable bonds is 2. The smallest absolute Gasteiger partial charge is 0.255 e. The number of fused-ring (bicyclic) bond motifs is 3. The summed E-state index contributed by atoms with van der Waals surface area (Å²) in [5, 5.41) is 54.8. The Hall–Kier alpha value is -3.47. The standard InChI is InChI=1S/C22H22N2O8/c1-7-8-5-4-6-9(25)11(8)16(26)12-10(7)17(27)14-15(24(2)3)18(28)13(21(23)31)20(30)22(14,32)19(12)29/h4-6,10,14-15,17,25,27-29,32H,1H2,2-3H3,(H2,23,31)/t10-,14-,15?,17+,22+/m1/s1. The van der Waals surface area contributed by atoms with Crippen LogP contribution >= 0.6 is 0 Å². The predicted molar refractivity (Wildman–Crippen MR) is 110 cm³/mol. The molecule has 0 saturated heterocycles. The van der Waals surface area contributed by atoms with Gasteiger partial charge in [0.1, 0.15) is 22.8 Å². The van der Waals surface area contributed by atoms with Crippen molar-refractivity contribution in [2.45, 2.75) is 17.7 Å². The minimum absolute atomic E-state index is 0.167. The third-order valence-electron chi connectivity index (χ3n) is 6.61. The number of aliphatic hydroxyl groups is 4. The van der Waals surface area contributed by atoms with E-state index < -0.39 is 75.5 Å². The van der Waals surface area contributed by atoms with Gasteiger partial charge in [0.25, 0.3) is 5.91 Å². The fourth-order valence-corrected chi connectivity index (χ4v) is 5.22. The monoisotopic (exact) mass is 442 g/mol. The van der Waals surface area contributed by atoms with Crippen LogP contribution in [-0.4, -0.2) is 79.7 Å². The fourth-order valence-electron chi connectivity index (χ4n) is 5.22. The molecule has 1 unspecified atom stereocenters. The molecule has 3 aliphatic carbocycles. The maximum Gasteiger partial charge on any atom is 0.255 e. The molecule has 0 fully saturated rings. The van der Waals surface area contributed by atoms with Crippen molar-refractivity contribution in [1.82, 2.24) is 4.90 Å². The van der Waals surface area contributed by atoms with Gasteiger partial charge >= 0.3 is 0 Å². The number of ketones is 2. The Morgan fingerprint density at radius 1 is 1.19 bits per heavy atom. The molecule has 4 rings (SSSR count). The van der Waals surface area contributed by atoms with Gasteiger partial charge in [-0.1, -0.05) is 18.7 Å². The molecule has 1 aromatic rings. The van der Waals surface area contributed by atoms with E-state index in [0.717, 1.165) is 0 Å². The van der Waals surface area contributed by atoms with Crippen LogP contribution in [0.5, 0.6) is 5.75 Å². The number of benzene rings is 1. The fraction of sp³-hybridized carbons (Fsp3) is 0.318. The highest BCUT2D eigenvalue weighted by atomic mass is 16.4. The lowest BCUT2D eigenvalue weighted by Gasteiger charge is -2.52. The molecule has 5 atom stereocenters. The highest BCUT2D eigenvalue weighted by Gasteiger charge is 2.67. The average Bonchev–Trinajstić information content (AvgIpc) is 2.70. The first kappa shape index (κ1) is 21.8. The third-order valence-corrected chi connectivity index (χ3v) is 6.61. The minimum atomic E-state index is -2.94. The number of aliphatic hydroxyl groups excluding tert-OH is 3. The normalized spacial score (nSPS) is 32.1. The first-order valence-corrected chi connectivity index (χ1v) is 9.71. The SMILES string of the molecule is C=C1c2cccc(O)c2C(=O)C2=C(O)[C@]3(O)C(=O)C(C(N)=O)=C(O)C(N(C)C)[C@@H]3[C@@H](O)[C@H]12. The number of carbonyl (C=O) groups is 3. The summed E-state index contributed by atoms with van der Waals surface area (Å²) in [5.41, 5.74) is 1.06. The van der Waals surface area contributed by atoms with E-state index in [4.69, 9.17) is 5.73 Å². The molecular weight excluding hydrogens is 420 g/mol. The zero-order valence-corrected chi connectivity index (χ0v) is 17.2. The average molecular weight is 442 g/mol. The van der Waals surface area contributed by atoms with Crippen molar-refractivity contribution in [3.05, 3.63) is 58.6 Å². The molecule has 0 heterocycles. The van der Waals surface area contributed by atoms with E-state index in [2.05, 4.69) is 6.58 Å². The molecule has 3 aliphatic rings. The van der Waals surface area contributed by atoms with Crippen LogP contribution < -0.4 is 5.73 Å². The van der Waals surface area contributed by atoms with Crippen molar-refractivity contribution in [2.24, 2.45) is 17.6 Å². The molecule has 0 aliphatic heterocycles. The highest BCUT2D eigenvalue weighted by Crippen LogP contribution is 2.54. The lowest BCUT2D eigenvalue weighted by Crippen LogP contribution is -2.68. The summed E-state index contributed by atoms with van der Waals surface area (Å²) >= 11 is 0. The Kier molecular flexibility index (Phi) is 4.60. The summed E-state index contributed by atoms with van der Waals surface area (Å²) in [7, 11) is 2.93. The Morgan fingerprint density at radius 2 is 1.81 bits per heavy atom. The summed E-state index contributed by atoms with van der Waals surface area (Å²) in [5.74, 6) is -8.77. The van der Waals surface area contributed by atoms with Crippen LogP contribution in [0.2, 0.25) is 0 Å². The third kappa shape index (κ3) is 2.42. The van der Waals surface area contributed by atoms with Crippen LogP contribution in [0.15, 0.2) is 47.4 Å². The summed E-state index contributed by atoms with van der Waals surface area (Å²) < 4.78 is 0. The summed E-state index contributed by atoms with van der Waals surface area (Å²) in [4.78, 5) is 39.7. The molecule has 0 saturated carbocycles. The molecule has 32 heavy (non-hydrogen) atoms. The number of amides is 1. The van der Waals surface area contributed by atoms with Crippen molar-refractivity contribution in [3.63, 3.8) is 0 Å². The van der Waals surface area contributed by atoms with Crippen LogP contribution in [0, 0.1) is 11.8 Å². The molecule has 10 heteroatoms. The van der Waals surface area contributed by atoms with Crippen molar-refractivity contribution in [1.29, 1.82) is 0 Å². The number of hydrogen-bond acceptors (Lipinski definition) is 9. The topological polar surface area (TPSA) is 182 Å². The number of nitrogens with zero attached hydrogens (tertiary/aromatic N) is 1. The maximum atomic E-state index is 13.3. The van der Waals surface area contributed by atoms with Gasteiger partial charge in [-0.3, -0.25) is 19.3 Å². The number of phenolic OH excluding ortho intramolecular Hbond substituents is 1. The predicted octanol–water partition coefficient (Wildman–Crippen LogP) is -0.438. The quantitative estimate of drug-likeness (QED) is 0.331. The number of likely N-dealkylation sites (N-methyl/N-ethyl adjacent to an activating group) is 1. The summed E-state index contributed by atoms with van der Waals surface area (Å²) in [6.07, 6.45) is -1.69. The van der Waals surface area contributed by atoms with Gasteiger partial charge in [0, 0.05) is 5.92 Å². The molecule has 0 spiro atoms. The van der Waals surface area contributed by atoms with Gasteiger partial charge in [-0.2, -0.15) is 0 Å². The van der Waals surface area contributed by atoms with E-state index in [-0.39, 0.29) is 16.7 Å². The maximum absolute atomic E-state index is 13.3. The molecule has 1 amide bonds. The van der Waals surface area contributed by atoms with Crippen molar-refractivity contribution in [3.8, 4) is 5.75 Å². The van der Waals surface area contributed by atoms with Gasteiger partial charge in [0.05, 0.1) is 29.2 Å². The second-order valence-corrected chi connectivity index (χ2v) is 8.44. The van der Waals surface area contributed by atoms with Gasteiger partial charge < -0.3 is 31.3 Å². The van der Waals surface area contributed by atoms with Crippen LogP contribution in [-0.2, 0) is 9.59 Å². The Bertz CT molecular complexity index is 1180. The highest BCUT2D eigenvalue weighted by molar-refractivity contribution is 6.25. The second kappa shape index (κ2) is 6.76. The van der Waals surface area contributed by atoms with Crippen molar-refractivity contribution >= 4 is 23.0 Å². The molecule has 0 radical (unpaired) electrons. The number of nitrogens with two attached hydrogens (primary N) is 1. The van der Waals surface area contributed by atoms with Crippen LogP contribution in [0.4, 0.5) is 0 Å².